The van der Waals surface area contributed by atoms with Crippen LogP contribution in [-0.2, 0) is 24.1 Å². The summed E-state index contributed by atoms with van der Waals surface area (Å²) in [4.78, 5) is 17.6. The average molecular weight is 538 g/mol. The number of benzene rings is 3. The molecule has 5 nitrogen and oxygen atoms in total. The normalized spacial score (nSPS) is 11.4. The van der Waals surface area contributed by atoms with Gasteiger partial charge in [-0.2, -0.15) is 0 Å². The predicted molar refractivity (Wildman–Crippen MR) is 144 cm³/mol. The molecule has 0 bridgehead atoms. The predicted octanol–water partition coefficient (Wildman–Crippen LogP) is 6.90. The maximum absolute atomic E-state index is 12.5. The summed E-state index contributed by atoms with van der Waals surface area (Å²) in [5.74, 6) is 0.292. The fourth-order valence-electron chi connectivity index (χ4n) is 4.08. The smallest absolute Gasteiger partial charge is 0.406 e. The molecule has 0 aliphatic carbocycles. The Balaban J connectivity index is 1.29. The van der Waals surface area contributed by atoms with Crippen LogP contribution in [0.15, 0.2) is 79.1 Å². The van der Waals surface area contributed by atoms with Gasteiger partial charge in [-0.15, -0.1) is 18.3 Å². The van der Waals surface area contributed by atoms with E-state index < -0.39 is 6.36 Å². The van der Waals surface area contributed by atoms with Gasteiger partial charge in [-0.25, -0.2) is 9.67 Å². The Morgan fingerprint density at radius 3 is 2.32 bits per heavy atom. The summed E-state index contributed by atoms with van der Waals surface area (Å²) in [7, 11) is 0. The number of ether oxygens (including phenoxy) is 1. The number of Topliss-reactive ketones (excluding diaryl/α,β-unsaturated/α-hetero) is 1. The van der Waals surface area contributed by atoms with E-state index in [4.69, 9.17) is 12.2 Å². The molecular formula is C29H26F3N3O2S. The molecule has 0 atom stereocenters. The monoisotopic (exact) mass is 537 g/mol. The fourth-order valence-corrected chi connectivity index (χ4v) is 4.40. The van der Waals surface area contributed by atoms with Gasteiger partial charge in [0.1, 0.15) is 17.9 Å². The lowest BCUT2D eigenvalue weighted by molar-refractivity contribution is -0.274. The molecule has 0 fully saturated rings. The fraction of sp³-hybridized carbons (Fsp3) is 0.241. The lowest BCUT2D eigenvalue weighted by Gasteiger charge is -2.09. The molecule has 4 aromatic rings. The molecule has 0 N–H and O–H groups in total. The molecule has 1 aromatic heterocycles. The number of hydrogen-bond acceptors (Lipinski definition) is 5. The van der Waals surface area contributed by atoms with Crippen molar-refractivity contribution >= 4 is 22.9 Å². The highest BCUT2D eigenvalue weighted by molar-refractivity contribution is 7.80. The van der Waals surface area contributed by atoms with E-state index in [9.17, 15) is 18.0 Å². The molecule has 196 valence electrons. The van der Waals surface area contributed by atoms with Crippen LogP contribution in [0.1, 0.15) is 36.5 Å². The van der Waals surface area contributed by atoms with Crippen LogP contribution in [-0.4, -0.2) is 31.8 Å². The Kier molecular flexibility index (Phi) is 8.68. The Morgan fingerprint density at radius 1 is 0.974 bits per heavy atom. The molecule has 0 aliphatic rings. The Morgan fingerprint density at radius 2 is 1.66 bits per heavy atom. The second kappa shape index (κ2) is 12.1. The van der Waals surface area contributed by atoms with E-state index in [2.05, 4.69) is 33.9 Å². The van der Waals surface area contributed by atoms with Crippen LogP contribution >= 0.6 is 12.2 Å². The van der Waals surface area contributed by atoms with E-state index in [1.165, 1.54) is 46.4 Å². The van der Waals surface area contributed by atoms with Crippen molar-refractivity contribution in [2.45, 2.75) is 45.4 Å². The second-order valence-corrected chi connectivity index (χ2v) is 9.38. The summed E-state index contributed by atoms with van der Waals surface area (Å²) in [5.41, 5.74) is 4.79. The molecular weight excluding hydrogens is 511 g/mol. The highest BCUT2D eigenvalue weighted by atomic mass is 32.1. The van der Waals surface area contributed by atoms with Gasteiger partial charge < -0.3 is 4.74 Å². The highest BCUT2D eigenvalue weighted by Gasteiger charge is 2.31. The maximum atomic E-state index is 12.5. The molecule has 4 rings (SSSR count). The van der Waals surface area contributed by atoms with Crippen molar-refractivity contribution in [2.24, 2.45) is 0 Å². The molecule has 9 heteroatoms. The largest absolute Gasteiger partial charge is 0.573 e. The van der Waals surface area contributed by atoms with Gasteiger partial charge in [-0.1, -0.05) is 67.7 Å². The van der Waals surface area contributed by atoms with Crippen molar-refractivity contribution in [3.63, 3.8) is 0 Å². The van der Waals surface area contributed by atoms with Crippen LogP contribution in [0.2, 0.25) is 0 Å². The molecule has 1 heterocycles. The van der Waals surface area contributed by atoms with E-state index >= 15 is 0 Å². The maximum Gasteiger partial charge on any atom is 0.573 e. The third-order valence-electron chi connectivity index (χ3n) is 6.01. The van der Waals surface area contributed by atoms with Crippen LogP contribution in [0.4, 0.5) is 13.2 Å². The number of thiocarbonyl (C=S) groups is 1. The SMILES string of the molecule is CCc1ccccc1CC(=S)CC(=O)CCc1ccc(-c2ncn(-c3ccc(OC(F)(F)F)cc3)n2)cc1. The van der Waals surface area contributed by atoms with Crippen molar-refractivity contribution in [2.75, 3.05) is 0 Å². The number of nitrogens with zero attached hydrogens (tertiary/aromatic N) is 3. The zero-order valence-corrected chi connectivity index (χ0v) is 21.6. The van der Waals surface area contributed by atoms with Crippen molar-refractivity contribution in [3.05, 3.63) is 95.8 Å². The van der Waals surface area contributed by atoms with Gasteiger partial charge in [-0.05, 0) is 53.8 Å². The van der Waals surface area contributed by atoms with Crippen LogP contribution in [0, 0.1) is 0 Å². The van der Waals surface area contributed by atoms with Gasteiger partial charge >= 0.3 is 6.36 Å². The number of alkyl halides is 3. The van der Waals surface area contributed by atoms with Crippen molar-refractivity contribution in [1.29, 1.82) is 0 Å². The van der Waals surface area contributed by atoms with Gasteiger partial charge in [0, 0.05) is 29.7 Å². The molecule has 0 aliphatic heterocycles. The molecule has 0 saturated heterocycles. The lowest BCUT2D eigenvalue weighted by atomic mass is 9.98. The van der Waals surface area contributed by atoms with Crippen LogP contribution in [0.5, 0.6) is 5.75 Å². The Bertz CT molecular complexity index is 1400. The topological polar surface area (TPSA) is 57.0 Å². The first kappa shape index (κ1) is 27.2. The average Bonchev–Trinajstić information content (AvgIpc) is 3.38. The van der Waals surface area contributed by atoms with Crippen LogP contribution in [0.25, 0.3) is 17.1 Å². The van der Waals surface area contributed by atoms with Gasteiger partial charge in [0.2, 0.25) is 0 Å². The van der Waals surface area contributed by atoms with E-state index in [0.29, 0.717) is 37.2 Å². The quantitative estimate of drug-likeness (QED) is 0.195. The summed E-state index contributed by atoms with van der Waals surface area (Å²) in [5, 5.41) is 4.41. The molecule has 0 amide bonds. The minimum atomic E-state index is -4.74. The van der Waals surface area contributed by atoms with E-state index in [0.717, 1.165) is 22.4 Å². The standard InChI is InChI=1S/C29H26F3N3O2S/c1-2-21-5-3-4-6-23(21)17-27(38)18-25(36)14-9-20-7-10-22(11-8-20)28-33-19-35(34-28)24-12-15-26(16-13-24)37-29(30,31)32/h3-8,10-13,15-16,19H,2,9,14,17-18H2,1H3. The molecule has 0 radical (unpaired) electrons. The summed E-state index contributed by atoms with van der Waals surface area (Å²) in [6.45, 7) is 2.11. The first-order valence-electron chi connectivity index (χ1n) is 12.2. The third-order valence-corrected chi connectivity index (χ3v) is 6.30. The number of ketones is 1. The van der Waals surface area contributed by atoms with Crippen LogP contribution in [0.3, 0.4) is 0 Å². The highest BCUT2D eigenvalue weighted by Crippen LogP contribution is 2.24. The molecule has 3 aromatic carbocycles. The lowest BCUT2D eigenvalue weighted by Crippen LogP contribution is -2.17. The molecule has 0 spiro atoms. The first-order chi connectivity index (χ1) is 18.2. The van der Waals surface area contributed by atoms with Gasteiger partial charge in [0.15, 0.2) is 5.82 Å². The Hall–Kier alpha value is -3.85. The van der Waals surface area contributed by atoms with E-state index in [1.54, 1.807) is 0 Å². The van der Waals surface area contributed by atoms with Crippen molar-refractivity contribution < 1.29 is 22.7 Å². The number of aryl methyl sites for hydroxylation is 2. The van der Waals surface area contributed by atoms with Gasteiger partial charge in [0.25, 0.3) is 0 Å². The molecule has 0 unspecified atom stereocenters. The third kappa shape index (κ3) is 7.58. The Labute approximate surface area is 224 Å². The number of carbonyl (C=O) groups excluding carboxylic acids is 1. The zero-order chi connectivity index (χ0) is 27.1. The van der Waals surface area contributed by atoms with Gasteiger partial charge in [-0.3, -0.25) is 4.79 Å². The number of hydrogen-bond donors (Lipinski definition) is 0. The van der Waals surface area contributed by atoms with E-state index in [1.807, 2.05) is 36.4 Å². The first-order valence-corrected chi connectivity index (χ1v) is 12.6. The van der Waals surface area contributed by atoms with Gasteiger partial charge in [0.05, 0.1) is 5.69 Å². The second-order valence-electron chi connectivity index (χ2n) is 8.80. The zero-order valence-electron chi connectivity index (χ0n) is 20.7. The van der Waals surface area contributed by atoms with E-state index in [-0.39, 0.29) is 11.5 Å². The molecule has 38 heavy (non-hydrogen) atoms. The summed E-state index contributed by atoms with van der Waals surface area (Å²) in [6, 6.07) is 21.2. The van der Waals surface area contributed by atoms with Crippen molar-refractivity contribution in [1.82, 2.24) is 14.8 Å². The number of carbonyl (C=O) groups is 1. The molecule has 0 saturated carbocycles. The summed E-state index contributed by atoms with van der Waals surface area (Å²) in [6.07, 6.45) is -0.344. The minimum absolute atomic E-state index is 0.125. The summed E-state index contributed by atoms with van der Waals surface area (Å²) >= 11 is 5.50. The summed E-state index contributed by atoms with van der Waals surface area (Å²) < 4.78 is 42.4. The number of halogens is 3. The van der Waals surface area contributed by atoms with Crippen molar-refractivity contribution in [3.8, 4) is 22.8 Å². The van der Waals surface area contributed by atoms with Crippen LogP contribution < -0.4 is 4.74 Å². The minimum Gasteiger partial charge on any atom is -0.406 e. The number of rotatable bonds is 11. The number of aromatic nitrogens is 3.